The number of piperazine rings is 1. The van der Waals surface area contributed by atoms with Crippen LogP contribution in [0.25, 0.3) is 11.3 Å². The minimum atomic E-state index is -1.01. The number of carbonyl (C=O) groups excluding carboxylic acids is 1. The number of aromatic nitrogens is 2. The minimum absolute atomic E-state index is 0.00867. The minimum Gasteiger partial charge on any atom is -0.385 e. The number of ether oxygens (including phenoxy) is 2. The molecule has 3 aliphatic rings. The van der Waals surface area contributed by atoms with Gasteiger partial charge in [0.25, 0.3) is 5.91 Å². The van der Waals surface area contributed by atoms with Crippen molar-refractivity contribution >= 4 is 11.6 Å². The third-order valence-corrected chi connectivity index (χ3v) is 9.13. The number of methoxy groups -OCH3 is 1. The molecule has 6 rings (SSSR count). The molecule has 224 valence electrons. The van der Waals surface area contributed by atoms with Crippen LogP contribution in [0.15, 0.2) is 60.9 Å². The van der Waals surface area contributed by atoms with Gasteiger partial charge in [0.05, 0.1) is 37.9 Å². The first-order valence-corrected chi connectivity index (χ1v) is 15.3. The number of carbonyl (C=O) groups is 1. The number of morpholine rings is 1. The van der Waals surface area contributed by atoms with Crippen molar-refractivity contribution in [3.63, 3.8) is 0 Å². The van der Waals surface area contributed by atoms with Crippen molar-refractivity contribution in [2.45, 2.75) is 49.8 Å². The second-order valence-corrected chi connectivity index (χ2v) is 11.8. The summed E-state index contributed by atoms with van der Waals surface area (Å²) in [6, 6.07) is 18.5. The molecule has 9 nitrogen and oxygen atoms in total. The first kappa shape index (κ1) is 28.9. The fourth-order valence-corrected chi connectivity index (χ4v) is 6.94. The van der Waals surface area contributed by atoms with Crippen LogP contribution in [0.3, 0.4) is 0 Å². The van der Waals surface area contributed by atoms with E-state index in [0.29, 0.717) is 18.7 Å². The molecule has 0 radical (unpaired) electrons. The van der Waals surface area contributed by atoms with Crippen LogP contribution in [0.5, 0.6) is 0 Å². The Labute approximate surface area is 248 Å². The van der Waals surface area contributed by atoms with Gasteiger partial charge in [-0.1, -0.05) is 55.3 Å². The smallest absolute Gasteiger partial charge is 0.275 e. The number of hydrogen-bond acceptors (Lipinski definition) is 7. The summed E-state index contributed by atoms with van der Waals surface area (Å²) in [6.45, 7) is 5.69. The van der Waals surface area contributed by atoms with Crippen LogP contribution in [-0.2, 0) is 15.9 Å². The molecule has 1 saturated carbocycles. The zero-order valence-corrected chi connectivity index (χ0v) is 24.6. The second kappa shape index (κ2) is 13.0. The van der Waals surface area contributed by atoms with Gasteiger partial charge in [-0.05, 0) is 37.0 Å². The maximum atomic E-state index is 14.4. The molecule has 1 amide bonds. The SMILES string of the molecule is COC[C@]1(O)CCCC[C@H]1n1cnc(C(=O)N2CCNC[C@H]2Cc2ccc(N3CCOCC3)cc2)c1-c1ccccc1. The summed E-state index contributed by atoms with van der Waals surface area (Å²) < 4.78 is 13.0. The number of benzene rings is 2. The highest BCUT2D eigenvalue weighted by atomic mass is 16.5. The van der Waals surface area contributed by atoms with Crippen LogP contribution >= 0.6 is 0 Å². The highest BCUT2D eigenvalue weighted by Gasteiger charge is 2.42. The van der Waals surface area contributed by atoms with E-state index >= 15 is 0 Å². The van der Waals surface area contributed by atoms with E-state index in [4.69, 9.17) is 14.5 Å². The topological polar surface area (TPSA) is 92.1 Å². The van der Waals surface area contributed by atoms with Gasteiger partial charge in [0, 0.05) is 57.1 Å². The summed E-state index contributed by atoms with van der Waals surface area (Å²) in [4.78, 5) is 23.5. The fraction of sp³-hybridized carbons (Fsp3) is 0.515. The second-order valence-electron chi connectivity index (χ2n) is 11.8. The van der Waals surface area contributed by atoms with E-state index in [-0.39, 0.29) is 24.6 Å². The molecule has 0 unspecified atom stereocenters. The lowest BCUT2D eigenvalue weighted by Gasteiger charge is -2.41. The molecule has 3 aromatic rings. The van der Waals surface area contributed by atoms with Crippen molar-refractivity contribution in [3.8, 4) is 11.3 Å². The van der Waals surface area contributed by atoms with E-state index in [9.17, 15) is 9.90 Å². The lowest BCUT2D eigenvalue weighted by Crippen LogP contribution is -2.54. The number of aliphatic hydroxyl groups is 1. The monoisotopic (exact) mass is 573 g/mol. The molecule has 9 heteroatoms. The normalized spacial score (nSPS) is 25.0. The van der Waals surface area contributed by atoms with Crippen LogP contribution < -0.4 is 10.2 Å². The van der Waals surface area contributed by atoms with Gasteiger partial charge in [-0.25, -0.2) is 4.98 Å². The van der Waals surface area contributed by atoms with E-state index in [1.54, 1.807) is 13.4 Å². The Bertz CT molecular complexity index is 1320. The fourth-order valence-electron chi connectivity index (χ4n) is 6.94. The van der Waals surface area contributed by atoms with Crippen LogP contribution in [0.4, 0.5) is 5.69 Å². The van der Waals surface area contributed by atoms with Gasteiger partial charge >= 0.3 is 0 Å². The summed E-state index contributed by atoms with van der Waals surface area (Å²) in [5, 5.41) is 15.2. The van der Waals surface area contributed by atoms with Crippen molar-refractivity contribution in [3.05, 3.63) is 72.2 Å². The zero-order chi connectivity index (χ0) is 28.9. The molecule has 2 aliphatic heterocycles. The highest BCUT2D eigenvalue weighted by Crippen LogP contribution is 2.41. The average molecular weight is 574 g/mol. The van der Waals surface area contributed by atoms with Gasteiger partial charge in [-0.15, -0.1) is 0 Å². The molecule has 3 fully saturated rings. The molecule has 2 N–H and O–H groups in total. The van der Waals surface area contributed by atoms with Crippen LogP contribution in [0, 0.1) is 0 Å². The van der Waals surface area contributed by atoms with E-state index in [1.165, 1.54) is 11.3 Å². The summed E-state index contributed by atoms with van der Waals surface area (Å²) >= 11 is 0. The molecule has 42 heavy (non-hydrogen) atoms. The molecule has 3 atom stereocenters. The van der Waals surface area contributed by atoms with Gasteiger partial charge in [0.15, 0.2) is 5.69 Å². The molecule has 0 spiro atoms. The number of nitrogens with zero attached hydrogens (tertiary/aromatic N) is 4. The Balaban J connectivity index is 1.28. The van der Waals surface area contributed by atoms with Crippen molar-refractivity contribution in [1.82, 2.24) is 19.8 Å². The summed E-state index contributed by atoms with van der Waals surface area (Å²) in [5.41, 5.74) is 3.55. The Morgan fingerprint density at radius 2 is 1.88 bits per heavy atom. The standard InChI is InChI=1S/C33H43N5O4/c1-41-23-33(40)14-6-5-9-29(33)38-24-35-30(31(38)26-7-3-2-4-8-26)32(39)37-16-15-34-22-28(37)21-25-10-12-27(13-11-25)36-17-19-42-20-18-36/h2-4,7-8,10-13,24,28-29,34,40H,5-6,9,14-23H2,1H3/t28-,29-,33-/m1/s1. The first-order valence-electron chi connectivity index (χ1n) is 15.3. The summed E-state index contributed by atoms with van der Waals surface area (Å²) in [6.07, 6.45) is 5.95. The maximum Gasteiger partial charge on any atom is 0.275 e. The van der Waals surface area contributed by atoms with Crippen molar-refractivity contribution in [2.24, 2.45) is 0 Å². The third kappa shape index (κ3) is 5.97. The number of hydrogen-bond donors (Lipinski definition) is 2. The quantitative estimate of drug-likeness (QED) is 0.426. The van der Waals surface area contributed by atoms with Crippen molar-refractivity contribution in [1.29, 1.82) is 0 Å². The molecule has 2 saturated heterocycles. The maximum absolute atomic E-state index is 14.4. The van der Waals surface area contributed by atoms with Crippen LogP contribution in [-0.4, -0.2) is 96.8 Å². The average Bonchev–Trinajstić information content (AvgIpc) is 3.47. The Hall–Kier alpha value is -3.24. The first-order chi connectivity index (χ1) is 20.6. The predicted molar refractivity (Wildman–Crippen MR) is 163 cm³/mol. The third-order valence-electron chi connectivity index (χ3n) is 9.13. The lowest BCUT2D eigenvalue weighted by molar-refractivity contribution is -0.0893. The van der Waals surface area contributed by atoms with E-state index in [0.717, 1.165) is 76.3 Å². The lowest BCUT2D eigenvalue weighted by atomic mass is 9.80. The largest absolute Gasteiger partial charge is 0.385 e. The van der Waals surface area contributed by atoms with Crippen molar-refractivity contribution < 1.29 is 19.4 Å². The number of rotatable bonds is 8. The highest BCUT2D eigenvalue weighted by molar-refractivity contribution is 5.98. The molecule has 1 aromatic heterocycles. The van der Waals surface area contributed by atoms with E-state index in [1.807, 2.05) is 39.8 Å². The molecular weight excluding hydrogens is 530 g/mol. The van der Waals surface area contributed by atoms with Gasteiger partial charge < -0.3 is 34.3 Å². The van der Waals surface area contributed by atoms with Gasteiger partial charge in [0.1, 0.15) is 5.60 Å². The van der Waals surface area contributed by atoms with Gasteiger partial charge in [0.2, 0.25) is 0 Å². The Morgan fingerprint density at radius 3 is 2.64 bits per heavy atom. The summed E-state index contributed by atoms with van der Waals surface area (Å²) in [5.74, 6) is -0.0601. The van der Waals surface area contributed by atoms with Crippen molar-refractivity contribution in [2.75, 3.05) is 64.6 Å². The molecule has 1 aliphatic carbocycles. The number of imidazole rings is 1. The molecular formula is C33H43N5O4. The summed E-state index contributed by atoms with van der Waals surface area (Å²) in [7, 11) is 1.63. The Kier molecular flexibility index (Phi) is 8.90. The number of anilines is 1. The number of nitrogens with one attached hydrogen (secondary N) is 1. The van der Waals surface area contributed by atoms with Gasteiger partial charge in [-0.2, -0.15) is 0 Å². The molecule has 2 aromatic carbocycles. The van der Waals surface area contributed by atoms with Crippen LogP contribution in [0.2, 0.25) is 0 Å². The molecule has 0 bridgehead atoms. The number of amides is 1. The van der Waals surface area contributed by atoms with E-state index < -0.39 is 5.60 Å². The van der Waals surface area contributed by atoms with Crippen LogP contribution in [0.1, 0.15) is 47.8 Å². The Morgan fingerprint density at radius 1 is 1.10 bits per heavy atom. The molecule has 3 heterocycles. The zero-order valence-electron chi connectivity index (χ0n) is 24.6. The van der Waals surface area contributed by atoms with E-state index in [2.05, 4.69) is 34.5 Å². The predicted octanol–water partition coefficient (Wildman–Crippen LogP) is 3.54. The van der Waals surface area contributed by atoms with Gasteiger partial charge in [-0.3, -0.25) is 4.79 Å².